The second-order valence-electron chi connectivity index (χ2n) is 6.44. The maximum atomic E-state index is 11.4. The number of rotatable bonds is 9. The van der Waals surface area contributed by atoms with Crippen molar-refractivity contribution in [2.45, 2.75) is 73.6 Å². The van der Waals surface area contributed by atoms with Crippen LogP contribution in [0.1, 0.15) is 73.6 Å². The predicted molar refractivity (Wildman–Crippen MR) is 82.1 cm³/mol. The molecule has 0 aromatic carbocycles. The number of hydrogen-bond donors (Lipinski definition) is 0. The molecule has 2 nitrogen and oxygen atoms in total. The molecule has 19 heavy (non-hydrogen) atoms. The Morgan fingerprint density at radius 2 is 1.74 bits per heavy atom. The van der Waals surface area contributed by atoms with Crippen molar-refractivity contribution in [1.82, 2.24) is 0 Å². The van der Waals surface area contributed by atoms with Crippen molar-refractivity contribution in [3.63, 3.8) is 0 Å². The fraction of sp³-hybridized carbons (Fsp3) is 0.824. The third-order valence-electron chi connectivity index (χ3n) is 4.16. The van der Waals surface area contributed by atoms with E-state index in [9.17, 15) is 4.79 Å². The van der Waals surface area contributed by atoms with E-state index in [0.717, 1.165) is 19.3 Å². The summed E-state index contributed by atoms with van der Waals surface area (Å²) < 4.78 is 4.99. The second kappa shape index (κ2) is 8.39. The minimum Gasteiger partial charge on any atom is -0.466 e. The molecule has 1 atom stereocenters. The van der Waals surface area contributed by atoms with Crippen molar-refractivity contribution < 1.29 is 9.53 Å². The molecule has 0 rings (SSSR count). The van der Waals surface area contributed by atoms with Crippen molar-refractivity contribution in [2.75, 3.05) is 6.61 Å². The summed E-state index contributed by atoms with van der Waals surface area (Å²) in [5, 5.41) is 0. The molecule has 0 saturated heterocycles. The van der Waals surface area contributed by atoms with Crippen LogP contribution < -0.4 is 0 Å². The molecule has 0 amide bonds. The topological polar surface area (TPSA) is 26.3 Å². The molecule has 0 aromatic heterocycles. The molecule has 0 aliphatic carbocycles. The summed E-state index contributed by atoms with van der Waals surface area (Å²) in [5.41, 5.74) is 0.475. The van der Waals surface area contributed by atoms with Gasteiger partial charge in [-0.2, -0.15) is 0 Å². The summed E-state index contributed by atoms with van der Waals surface area (Å²) >= 11 is 0. The first-order chi connectivity index (χ1) is 8.78. The van der Waals surface area contributed by atoms with E-state index in [1.165, 1.54) is 6.42 Å². The van der Waals surface area contributed by atoms with E-state index < -0.39 is 0 Å². The zero-order valence-corrected chi connectivity index (χ0v) is 13.7. The molecule has 112 valence electrons. The van der Waals surface area contributed by atoms with Crippen LogP contribution >= 0.6 is 0 Å². The average Bonchev–Trinajstić information content (AvgIpc) is 2.37. The molecule has 0 aliphatic rings. The molecule has 0 saturated carbocycles. The lowest BCUT2D eigenvalue weighted by atomic mass is 9.80. The Bertz CT molecular complexity index is 292. The van der Waals surface area contributed by atoms with E-state index in [1.807, 2.05) is 6.92 Å². The van der Waals surface area contributed by atoms with Crippen molar-refractivity contribution >= 4 is 5.97 Å². The van der Waals surface area contributed by atoms with Crippen LogP contribution in [0.3, 0.4) is 0 Å². The standard InChI is InChI=1S/C17H32O2/c1-7-16(4,5)12-10-13-17(6,8-2)14-11-15(18)19-9-3/h10,13H,7-9,11-12,14H2,1-6H3/b13-10-. The van der Waals surface area contributed by atoms with Gasteiger partial charge >= 0.3 is 5.97 Å². The molecule has 0 N–H and O–H groups in total. The van der Waals surface area contributed by atoms with Gasteiger partial charge < -0.3 is 4.74 Å². The Hall–Kier alpha value is -0.790. The Morgan fingerprint density at radius 1 is 1.11 bits per heavy atom. The summed E-state index contributed by atoms with van der Waals surface area (Å²) in [7, 11) is 0. The van der Waals surface area contributed by atoms with Crippen LogP contribution in [0, 0.1) is 10.8 Å². The van der Waals surface area contributed by atoms with Crippen LogP contribution in [-0.2, 0) is 9.53 Å². The van der Waals surface area contributed by atoms with Crippen LogP contribution in [0.4, 0.5) is 0 Å². The molecule has 2 heteroatoms. The Kier molecular flexibility index (Phi) is 8.05. The van der Waals surface area contributed by atoms with Crippen LogP contribution in [0.2, 0.25) is 0 Å². The predicted octanol–water partition coefficient (Wildman–Crippen LogP) is 5.13. The third kappa shape index (κ3) is 8.07. The van der Waals surface area contributed by atoms with Crippen LogP contribution in [0.25, 0.3) is 0 Å². The number of ether oxygens (including phenoxy) is 1. The summed E-state index contributed by atoms with van der Waals surface area (Å²) in [4.78, 5) is 11.4. The zero-order valence-electron chi connectivity index (χ0n) is 13.7. The van der Waals surface area contributed by atoms with E-state index in [1.54, 1.807) is 0 Å². The van der Waals surface area contributed by atoms with E-state index in [4.69, 9.17) is 4.74 Å². The number of carbonyl (C=O) groups excluding carboxylic acids is 1. The highest BCUT2D eigenvalue weighted by Gasteiger charge is 2.21. The summed E-state index contributed by atoms with van der Waals surface area (Å²) in [6, 6.07) is 0. The van der Waals surface area contributed by atoms with E-state index >= 15 is 0 Å². The molecule has 0 bridgehead atoms. The van der Waals surface area contributed by atoms with Crippen molar-refractivity contribution in [3.05, 3.63) is 12.2 Å². The maximum Gasteiger partial charge on any atom is 0.305 e. The van der Waals surface area contributed by atoms with Crippen molar-refractivity contribution in [1.29, 1.82) is 0 Å². The van der Waals surface area contributed by atoms with Crippen LogP contribution in [0.15, 0.2) is 12.2 Å². The fourth-order valence-corrected chi connectivity index (χ4v) is 1.81. The Balaban J connectivity index is 4.36. The van der Waals surface area contributed by atoms with E-state index in [-0.39, 0.29) is 11.4 Å². The maximum absolute atomic E-state index is 11.4. The lowest BCUT2D eigenvalue weighted by Gasteiger charge is -2.25. The van der Waals surface area contributed by atoms with Gasteiger partial charge in [-0.1, -0.05) is 53.2 Å². The minimum atomic E-state index is -0.0792. The molecule has 0 aromatic rings. The highest BCUT2D eigenvalue weighted by Crippen LogP contribution is 2.31. The molecular formula is C17H32O2. The summed E-state index contributed by atoms with van der Waals surface area (Å²) in [5.74, 6) is -0.0792. The SMILES string of the molecule is CCOC(=O)CCC(C)(/C=C\CC(C)(C)CC)CC. The first kappa shape index (κ1) is 18.2. The van der Waals surface area contributed by atoms with Gasteiger partial charge in [0.15, 0.2) is 0 Å². The Labute approximate surface area is 119 Å². The van der Waals surface area contributed by atoms with Gasteiger partial charge in [-0.05, 0) is 37.0 Å². The molecule has 0 fully saturated rings. The van der Waals surface area contributed by atoms with Gasteiger partial charge in [0.2, 0.25) is 0 Å². The van der Waals surface area contributed by atoms with Gasteiger partial charge in [-0.3, -0.25) is 4.79 Å². The molecular weight excluding hydrogens is 236 g/mol. The zero-order chi connectivity index (χ0) is 14.9. The number of esters is 1. The van der Waals surface area contributed by atoms with Gasteiger partial charge in [0.05, 0.1) is 6.61 Å². The molecule has 0 radical (unpaired) electrons. The summed E-state index contributed by atoms with van der Waals surface area (Å²) in [6.45, 7) is 13.5. The highest BCUT2D eigenvalue weighted by molar-refractivity contribution is 5.69. The van der Waals surface area contributed by atoms with E-state index in [2.05, 4.69) is 46.8 Å². The van der Waals surface area contributed by atoms with Crippen molar-refractivity contribution in [2.24, 2.45) is 10.8 Å². The first-order valence-corrected chi connectivity index (χ1v) is 7.62. The molecule has 0 heterocycles. The smallest absolute Gasteiger partial charge is 0.305 e. The lowest BCUT2D eigenvalue weighted by Crippen LogP contribution is -2.16. The van der Waals surface area contributed by atoms with Gasteiger partial charge in [0.25, 0.3) is 0 Å². The number of carbonyl (C=O) groups is 1. The van der Waals surface area contributed by atoms with Gasteiger partial charge in [0, 0.05) is 6.42 Å². The van der Waals surface area contributed by atoms with Gasteiger partial charge in [-0.15, -0.1) is 0 Å². The monoisotopic (exact) mass is 268 g/mol. The minimum absolute atomic E-state index is 0.0792. The average molecular weight is 268 g/mol. The largest absolute Gasteiger partial charge is 0.466 e. The van der Waals surface area contributed by atoms with Crippen LogP contribution in [-0.4, -0.2) is 12.6 Å². The molecule has 0 aliphatic heterocycles. The fourth-order valence-electron chi connectivity index (χ4n) is 1.81. The summed E-state index contributed by atoms with van der Waals surface area (Å²) in [6.07, 6.45) is 9.30. The number of hydrogen-bond acceptors (Lipinski definition) is 2. The molecule has 1 unspecified atom stereocenters. The van der Waals surface area contributed by atoms with Gasteiger partial charge in [0.1, 0.15) is 0 Å². The Morgan fingerprint density at radius 3 is 2.21 bits per heavy atom. The molecule has 0 spiro atoms. The van der Waals surface area contributed by atoms with Gasteiger partial charge in [-0.25, -0.2) is 0 Å². The lowest BCUT2D eigenvalue weighted by molar-refractivity contribution is -0.143. The first-order valence-electron chi connectivity index (χ1n) is 7.62. The number of allylic oxidation sites excluding steroid dienone is 2. The third-order valence-corrected chi connectivity index (χ3v) is 4.16. The van der Waals surface area contributed by atoms with Crippen molar-refractivity contribution in [3.8, 4) is 0 Å². The highest BCUT2D eigenvalue weighted by atomic mass is 16.5. The normalized spacial score (nSPS) is 15.5. The second-order valence-corrected chi connectivity index (χ2v) is 6.44. The van der Waals surface area contributed by atoms with Crippen LogP contribution in [0.5, 0.6) is 0 Å². The van der Waals surface area contributed by atoms with E-state index in [0.29, 0.717) is 18.4 Å². The quantitative estimate of drug-likeness (QED) is 0.428.